The average Bonchev–Trinajstić information content (AvgIpc) is 2.75. The summed E-state index contributed by atoms with van der Waals surface area (Å²) in [5, 5.41) is 0. The van der Waals surface area contributed by atoms with Crippen molar-refractivity contribution in [2.45, 2.75) is 60.8 Å². The topological polar surface area (TPSA) is 26.8 Å². The third-order valence-corrected chi connectivity index (χ3v) is 4.65. The van der Waals surface area contributed by atoms with Gasteiger partial charge in [-0.05, 0) is 23.7 Å². The summed E-state index contributed by atoms with van der Waals surface area (Å²) in [6.45, 7) is 17.2. The average molecular weight is 336 g/mol. The number of piperidine rings is 1. The van der Waals surface area contributed by atoms with Crippen LogP contribution in [0.1, 0.15) is 60.8 Å². The molecule has 2 aliphatic heterocycles. The van der Waals surface area contributed by atoms with Gasteiger partial charge in [-0.15, -0.1) is 0 Å². The van der Waals surface area contributed by atoms with Gasteiger partial charge in [0.05, 0.1) is 6.67 Å². The van der Waals surface area contributed by atoms with Crippen molar-refractivity contribution in [2.24, 2.45) is 16.7 Å². The Labute approximate surface area is 148 Å². The molecule has 2 aliphatic rings. The molecule has 0 bridgehead atoms. The van der Waals surface area contributed by atoms with Gasteiger partial charge in [-0.3, -0.25) is 4.79 Å². The van der Waals surface area contributed by atoms with Crippen LogP contribution in [0.3, 0.4) is 0 Å². The van der Waals surface area contributed by atoms with E-state index >= 15 is 0 Å². The van der Waals surface area contributed by atoms with E-state index in [9.17, 15) is 4.79 Å². The maximum absolute atomic E-state index is 12.6. The molecule has 138 valence electrons. The van der Waals surface area contributed by atoms with Gasteiger partial charge < -0.3 is 14.7 Å². The van der Waals surface area contributed by atoms with E-state index in [4.69, 9.17) is 0 Å². The van der Waals surface area contributed by atoms with Crippen molar-refractivity contribution in [3.05, 3.63) is 11.9 Å². The first kappa shape index (κ1) is 19.1. The molecule has 0 aromatic carbocycles. The van der Waals surface area contributed by atoms with Crippen molar-refractivity contribution >= 4 is 5.91 Å². The molecular formula is C20H37N3O. The van der Waals surface area contributed by atoms with E-state index in [2.05, 4.69) is 69.5 Å². The highest BCUT2D eigenvalue weighted by Crippen LogP contribution is 2.33. The molecule has 2 rings (SSSR count). The van der Waals surface area contributed by atoms with Crippen molar-refractivity contribution in [3.63, 3.8) is 0 Å². The second-order valence-electron chi connectivity index (χ2n) is 10.1. The number of hydrogen-bond donors (Lipinski definition) is 0. The molecule has 1 atom stereocenters. The molecule has 24 heavy (non-hydrogen) atoms. The number of carbonyl (C=O) groups excluding carboxylic acids is 1. The first-order chi connectivity index (χ1) is 10.9. The number of rotatable bonds is 3. The lowest BCUT2D eigenvalue weighted by atomic mass is 9.89. The van der Waals surface area contributed by atoms with Crippen molar-refractivity contribution < 1.29 is 4.79 Å². The maximum atomic E-state index is 12.6. The van der Waals surface area contributed by atoms with Gasteiger partial charge >= 0.3 is 0 Å². The van der Waals surface area contributed by atoms with Gasteiger partial charge in [0.15, 0.2) is 0 Å². The predicted octanol–water partition coefficient (Wildman–Crippen LogP) is 3.75. The van der Waals surface area contributed by atoms with E-state index in [0.29, 0.717) is 18.2 Å². The van der Waals surface area contributed by atoms with Gasteiger partial charge in [-0.2, -0.15) is 0 Å². The number of likely N-dealkylation sites (tertiary alicyclic amines) is 1. The minimum Gasteiger partial charge on any atom is -0.361 e. The van der Waals surface area contributed by atoms with Crippen molar-refractivity contribution in [1.82, 2.24) is 14.7 Å². The van der Waals surface area contributed by atoms with Gasteiger partial charge in [0, 0.05) is 50.9 Å². The maximum Gasteiger partial charge on any atom is 0.223 e. The Morgan fingerprint density at radius 2 is 1.83 bits per heavy atom. The van der Waals surface area contributed by atoms with Crippen LogP contribution in [0.4, 0.5) is 0 Å². The fourth-order valence-corrected chi connectivity index (χ4v) is 3.79. The normalized spacial score (nSPS) is 22.9. The Hall–Kier alpha value is -1.19. The fourth-order valence-electron chi connectivity index (χ4n) is 3.79. The fraction of sp³-hybridized carbons (Fsp3) is 0.850. The Kier molecular flexibility index (Phi) is 5.56. The van der Waals surface area contributed by atoms with Crippen LogP contribution in [0.25, 0.3) is 0 Å². The highest BCUT2D eigenvalue weighted by Gasteiger charge is 2.33. The van der Waals surface area contributed by atoms with Gasteiger partial charge in [0.1, 0.15) is 0 Å². The van der Waals surface area contributed by atoms with Gasteiger partial charge in [-0.1, -0.05) is 41.5 Å². The summed E-state index contributed by atoms with van der Waals surface area (Å²) in [6, 6.07) is 0. The minimum atomic E-state index is 0.0646. The van der Waals surface area contributed by atoms with E-state index in [1.165, 1.54) is 12.1 Å². The summed E-state index contributed by atoms with van der Waals surface area (Å²) < 4.78 is 0. The SMILES string of the molecule is CN1C=C(C2CCCN(C(=O)CC(C)(C)C)C2)N(CC(C)(C)C)C1. The standard InChI is InChI=1S/C20H37N3O/c1-19(2,3)11-18(24)22-10-8-9-16(12-22)17-13-21(7)15-23(17)14-20(4,5)6/h13,16H,8-12,14-15H2,1-7H3. The molecule has 1 fully saturated rings. The molecule has 2 heterocycles. The van der Waals surface area contributed by atoms with E-state index in [1.54, 1.807) is 0 Å². The molecule has 4 heteroatoms. The largest absolute Gasteiger partial charge is 0.361 e. The Morgan fingerprint density at radius 3 is 2.42 bits per heavy atom. The summed E-state index contributed by atoms with van der Waals surface area (Å²) in [5.41, 5.74) is 1.77. The van der Waals surface area contributed by atoms with Crippen LogP contribution in [0.5, 0.6) is 0 Å². The molecule has 0 aromatic heterocycles. The van der Waals surface area contributed by atoms with Crippen LogP contribution in [-0.2, 0) is 4.79 Å². The van der Waals surface area contributed by atoms with Crippen molar-refractivity contribution in [3.8, 4) is 0 Å². The van der Waals surface area contributed by atoms with Gasteiger partial charge in [0.2, 0.25) is 5.91 Å². The number of carbonyl (C=O) groups is 1. The Bertz CT molecular complexity index is 484. The second-order valence-corrected chi connectivity index (χ2v) is 10.1. The zero-order chi connectivity index (χ0) is 18.1. The summed E-state index contributed by atoms with van der Waals surface area (Å²) in [5.74, 6) is 0.802. The molecule has 1 saturated heterocycles. The van der Waals surface area contributed by atoms with Crippen molar-refractivity contribution in [1.29, 1.82) is 0 Å². The van der Waals surface area contributed by atoms with Gasteiger partial charge in [0.25, 0.3) is 0 Å². The third kappa shape index (κ3) is 5.42. The van der Waals surface area contributed by atoms with Crippen LogP contribution < -0.4 is 0 Å². The van der Waals surface area contributed by atoms with E-state index < -0.39 is 0 Å². The Morgan fingerprint density at radius 1 is 1.17 bits per heavy atom. The molecule has 0 N–H and O–H groups in total. The smallest absolute Gasteiger partial charge is 0.223 e. The summed E-state index contributed by atoms with van der Waals surface area (Å²) in [4.78, 5) is 19.5. The first-order valence-corrected chi connectivity index (χ1v) is 9.39. The molecule has 1 unspecified atom stereocenters. The summed E-state index contributed by atoms with van der Waals surface area (Å²) in [7, 11) is 2.15. The molecule has 0 spiro atoms. The summed E-state index contributed by atoms with van der Waals surface area (Å²) in [6.07, 6.45) is 5.25. The highest BCUT2D eigenvalue weighted by molar-refractivity contribution is 5.77. The van der Waals surface area contributed by atoms with Crippen LogP contribution >= 0.6 is 0 Å². The zero-order valence-electron chi connectivity index (χ0n) is 16.9. The molecule has 1 amide bonds. The lowest BCUT2D eigenvalue weighted by Gasteiger charge is -2.38. The molecule has 0 aliphatic carbocycles. The molecule has 0 radical (unpaired) electrons. The lowest BCUT2D eigenvalue weighted by Crippen LogP contribution is -2.44. The van der Waals surface area contributed by atoms with Crippen LogP contribution in [0.2, 0.25) is 0 Å². The van der Waals surface area contributed by atoms with E-state index in [1.807, 2.05) is 0 Å². The molecule has 0 saturated carbocycles. The van der Waals surface area contributed by atoms with Crippen LogP contribution in [0, 0.1) is 16.7 Å². The van der Waals surface area contributed by atoms with Crippen LogP contribution in [0.15, 0.2) is 11.9 Å². The third-order valence-electron chi connectivity index (χ3n) is 4.65. The lowest BCUT2D eigenvalue weighted by molar-refractivity contribution is -0.134. The van der Waals surface area contributed by atoms with Gasteiger partial charge in [-0.25, -0.2) is 0 Å². The first-order valence-electron chi connectivity index (χ1n) is 9.39. The van der Waals surface area contributed by atoms with Crippen molar-refractivity contribution in [2.75, 3.05) is 33.4 Å². The number of nitrogens with zero attached hydrogens (tertiary/aromatic N) is 3. The van der Waals surface area contributed by atoms with E-state index in [0.717, 1.165) is 32.7 Å². The van der Waals surface area contributed by atoms with E-state index in [-0.39, 0.29) is 10.8 Å². The number of hydrogen-bond acceptors (Lipinski definition) is 3. The van der Waals surface area contributed by atoms with Crippen LogP contribution in [-0.4, -0.2) is 54.0 Å². The highest BCUT2D eigenvalue weighted by atomic mass is 16.2. The monoisotopic (exact) mass is 335 g/mol. The Balaban J connectivity index is 2.05. The summed E-state index contributed by atoms with van der Waals surface area (Å²) >= 11 is 0. The molecule has 4 nitrogen and oxygen atoms in total. The number of amides is 1. The molecular weight excluding hydrogens is 298 g/mol. The zero-order valence-corrected chi connectivity index (χ0v) is 16.9. The predicted molar refractivity (Wildman–Crippen MR) is 100 cm³/mol. The minimum absolute atomic E-state index is 0.0646. The molecule has 0 aromatic rings. The quantitative estimate of drug-likeness (QED) is 0.786. The second kappa shape index (κ2) is 6.97.